The molecule has 1 rings (SSSR count). The molecule has 4 heteroatoms. The summed E-state index contributed by atoms with van der Waals surface area (Å²) in [5.41, 5.74) is 0.509. The summed E-state index contributed by atoms with van der Waals surface area (Å²) in [7, 11) is 1.47. The van der Waals surface area contributed by atoms with Gasteiger partial charge in [-0.1, -0.05) is 22.6 Å². The van der Waals surface area contributed by atoms with Crippen LogP contribution in [0.5, 0.6) is 11.5 Å². The van der Waals surface area contributed by atoms with Crippen molar-refractivity contribution in [2.75, 3.05) is 11.5 Å². The van der Waals surface area contributed by atoms with E-state index in [1.54, 1.807) is 6.07 Å². The fourth-order valence-corrected chi connectivity index (χ4v) is 1.39. The lowest BCUT2D eigenvalue weighted by Crippen LogP contribution is -2.02. The van der Waals surface area contributed by atoms with Crippen molar-refractivity contribution in [2.45, 2.75) is 0 Å². The van der Waals surface area contributed by atoms with E-state index in [0.717, 1.165) is 0 Å². The van der Waals surface area contributed by atoms with Crippen molar-refractivity contribution in [3.05, 3.63) is 23.8 Å². The molecule has 0 bridgehead atoms. The van der Waals surface area contributed by atoms with E-state index >= 15 is 0 Å². The molecule has 0 unspecified atom stereocenters. The van der Waals surface area contributed by atoms with Crippen LogP contribution in [-0.4, -0.2) is 22.4 Å². The number of aromatic hydroxyl groups is 1. The number of benzene rings is 1. The van der Waals surface area contributed by atoms with Gasteiger partial charge in [0.25, 0.3) is 0 Å². The minimum Gasteiger partial charge on any atom is -0.508 e. The van der Waals surface area contributed by atoms with Crippen molar-refractivity contribution >= 4 is 28.4 Å². The fourth-order valence-electron chi connectivity index (χ4n) is 0.982. The molecule has 0 aromatic heterocycles. The maximum absolute atomic E-state index is 11.3. The second-order valence-electron chi connectivity index (χ2n) is 2.44. The average Bonchev–Trinajstić information content (AvgIpc) is 2.16. The lowest BCUT2D eigenvalue weighted by molar-refractivity contribution is 0.102. The highest BCUT2D eigenvalue weighted by Gasteiger charge is 2.10. The molecule has 1 aromatic rings. The van der Waals surface area contributed by atoms with E-state index in [2.05, 4.69) is 0 Å². The Morgan fingerprint density at radius 2 is 2.31 bits per heavy atom. The Morgan fingerprint density at radius 1 is 1.62 bits per heavy atom. The minimum absolute atomic E-state index is 0.00236. The largest absolute Gasteiger partial charge is 0.508 e. The molecule has 13 heavy (non-hydrogen) atoms. The van der Waals surface area contributed by atoms with Crippen molar-refractivity contribution in [1.82, 2.24) is 0 Å². The first-order valence-electron chi connectivity index (χ1n) is 3.65. The monoisotopic (exact) mass is 292 g/mol. The number of alkyl halides is 1. The van der Waals surface area contributed by atoms with Crippen LogP contribution in [0.1, 0.15) is 10.4 Å². The van der Waals surface area contributed by atoms with Gasteiger partial charge in [-0.05, 0) is 12.1 Å². The standard InChI is InChI=1S/C9H9IO3/c1-13-9-4-6(11)2-3-7(9)8(12)5-10/h2-4,11H,5H2,1H3. The molecule has 0 aliphatic rings. The van der Waals surface area contributed by atoms with Crippen LogP contribution in [0.2, 0.25) is 0 Å². The third-order valence-electron chi connectivity index (χ3n) is 1.61. The number of phenolic OH excluding ortho intramolecular Hbond substituents is 1. The minimum atomic E-state index is -0.00236. The van der Waals surface area contributed by atoms with E-state index < -0.39 is 0 Å². The first-order valence-corrected chi connectivity index (χ1v) is 5.17. The van der Waals surface area contributed by atoms with E-state index in [-0.39, 0.29) is 11.5 Å². The number of hydrogen-bond donors (Lipinski definition) is 1. The molecule has 0 saturated heterocycles. The third-order valence-corrected chi connectivity index (χ3v) is 2.30. The topological polar surface area (TPSA) is 46.5 Å². The Kier molecular flexibility index (Phi) is 3.53. The number of ketones is 1. The van der Waals surface area contributed by atoms with Crippen LogP contribution in [0.3, 0.4) is 0 Å². The molecule has 0 radical (unpaired) electrons. The summed E-state index contributed by atoms with van der Waals surface area (Å²) in [4.78, 5) is 11.3. The van der Waals surface area contributed by atoms with Crippen LogP contribution in [-0.2, 0) is 0 Å². The van der Waals surface area contributed by atoms with Crippen LogP contribution in [0.15, 0.2) is 18.2 Å². The molecule has 0 atom stereocenters. The van der Waals surface area contributed by atoms with Crippen LogP contribution in [0.25, 0.3) is 0 Å². The lowest BCUT2D eigenvalue weighted by atomic mass is 10.1. The zero-order chi connectivity index (χ0) is 9.84. The van der Waals surface area contributed by atoms with Gasteiger partial charge in [0, 0.05) is 6.07 Å². The molecule has 0 heterocycles. The van der Waals surface area contributed by atoms with E-state index in [1.807, 2.05) is 22.6 Å². The Hall–Kier alpha value is -0.780. The van der Waals surface area contributed by atoms with E-state index in [0.29, 0.717) is 15.7 Å². The van der Waals surface area contributed by atoms with Crippen molar-refractivity contribution in [3.8, 4) is 11.5 Å². The second kappa shape index (κ2) is 4.45. The number of carbonyl (C=O) groups excluding carboxylic acids is 1. The summed E-state index contributed by atoms with van der Waals surface area (Å²) >= 11 is 1.99. The highest BCUT2D eigenvalue weighted by atomic mass is 127. The molecule has 0 fully saturated rings. The molecule has 0 aliphatic carbocycles. The number of halogens is 1. The fraction of sp³-hybridized carbons (Fsp3) is 0.222. The maximum atomic E-state index is 11.3. The van der Waals surface area contributed by atoms with Gasteiger partial charge >= 0.3 is 0 Å². The molecular weight excluding hydrogens is 283 g/mol. The summed E-state index contributed by atoms with van der Waals surface area (Å²) in [6.45, 7) is 0. The summed E-state index contributed by atoms with van der Waals surface area (Å²) in [6.07, 6.45) is 0. The molecule has 0 saturated carbocycles. The lowest BCUT2D eigenvalue weighted by Gasteiger charge is -2.05. The summed E-state index contributed by atoms with van der Waals surface area (Å²) in [5, 5.41) is 9.13. The Balaban J connectivity index is 3.13. The van der Waals surface area contributed by atoms with Crippen LogP contribution in [0.4, 0.5) is 0 Å². The van der Waals surface area contributed by atoms with Gasteiger partial charge in [-0.15, -0.1) is 0 Å². The average molecular weight is 292 g/mol. The van der Waals surface area contributed by atoms with Gasteiger partial charge in [-0.2, -0.15) is 0 Å². The van der Waals surface area contributed by atoms with Gasteiger partial charge in [-0.3, -0.25) is 4.79 Å². The SMILES string of the molecule is COc1cc(O)ccc1C(=O)CI. The van der Waals surface area contributed by atoms with Gasteiger partial charge in [-0.25, -0.2) is 0 Å². The molecule has 0 amide bonds. The van der Waals surface area contributed by atoms with Crippen molar-refractivity contribution in [2.24, 2.45) is 0 Å². The first kappa shape index (κ1) is 10.3. The number of rotatable bonds is 3. The van der Waals surface area contributed by atoms with E-state index in [9.17, 15) is 4.79 Å². The molecule has 0 aliphatic heterocycles. The summed E-state index contributed by atoms with van der Waals surface area (Å²) < 4.78 is 5.37. The van der Waals surface area contributed by atoms with E-state index in [1.165, 1.54) is 19.2 Å². The number of carbonyl (C=O) groups is 1. The number of Topliss-reactive ketones (excluding diaryl/α,β-unsaturated/α-hetero) is 1. The third kappa shape index (κ3) is 2.33. The Morgan fingerprint density at radius 3 is 2.85 bits per heavy atom. The number of hydrogen-bond acceptors (Lipinski definition) is 3. The predicted molar refractivity (Wildman–Crippen MR) is 57.9 cm³/mol. The predicted octanol–water partition coefficient (Wildman–Crippen LogP) is 2.02. The Labute approximate surface area is 89.9 Å². The van der Waals surface area contributed by atoms with Gasteiger partial charge < -0.3 is 9.84 Å². The highest BCUT2D eigenvalue weighted by Crippen LogP contribution is 2.24. The van der Waals surface area contributed by atoms with E-state index in [4.69, 9.17) is 9.84 Å². The number of methoxy groups -OCH3 is 1. The first-order chi connectivity index (χ1) is 6.19. The Bertz CT molecular complexity index is 323. The maximum Gasteiger partial charge on any atom is 0.176 e. The highest BCUT2D eigenvalue weighted by molar-refractivity contribution is 14.1. The van der Waals surface area contributed by atoms with Crippen LogP contribution < -0.4 is 4.74 Å². The summed E-state index contributed by atoms with van der Waals surface area (Å²) in [5.74, 6) is 0.515. The van der Waals surface area contributed by atoms with Crippen LogP contribution in [0, 0.1) is 0 Å². The number of ether oxygens (including phenoxy) is 1. The summed E-state index contributed by atoms with van der Waals surface area (Å²) in [6, 6.07) is 4.47. The zero-order valence-corrected chi connectivity index (χ0v) is 9.24. The molecule has 0 spiro atoms. The number of phenols is 1. The van der Waals surface area contributed by atoms with Crippen LogP contribution >= 0.6 is 22.6 Å². The molecular formula is C9H9IO3. The van der Waals surface area contributed by atoms with Gasteiger partial charge in [0.1, 0.15) is 11.5 Å². The zero-order valence-electron chi connectivity index (χ0n) is 7.08. The van der Waals surface area contributed by atoms with Crippen molar-refractivity contribution in [3.63, 3.8) is 0 Å². The molecule has 1 N–H and O–H groups in total. The molecule has 1 aromatic carbocycles. The van der Waals surface area contributed by atoms with Gasteiger partial charge in [0.2, 0.25) is 0 Å². The quantitative estimate of drug-likeness (QED) is 0.526. The smallest absolute Gasteiger partial charge is 0.176 e. The van der Waals surface area contributed by atoms with Gasteiger partial charge in [0.05, 0.1) is 17.1 Å². The van der Waals surface area contributed by atoms with Crippen molar-refractivity contribution in [1.29, 1.82) is 0 Å². The van der Waals surface area contributed by atoms with Crippen molar-refractivity contribution < 1.29 is 14.6 Å². The second-order valence-corrected chi connectivity index (χ2v) is 3.20. The molecule has 70 valence electrons. The molecule has 3 nitrogen and oxygen atoms in total. The van der Waals surface area contributed by atoms with Gasteiger partial charge in [0.15, 0.2) is 5.78 Å². The normalized spacial score (nSPS) is 9.69.